The lowest BCUT2D eigenvalue weighted by Crippen LogP contribution is -2.38. The molecule has 2 atom stereocenters. The van der Waals surface area contributed by atoms with Gasteiger partial charge in [0, 0.05) is 12.2 Å². The highest BCUT2D eigenvalue weighted by Crippen LogP contribution is 2.28. The maximum absolute atomic E-state index is 11.5. The summed E-state index contributed by atoms with van der Waals surface area (Å²) in [5.41, 5.74) is 0. The largest absolute Gasteiger partial charge is 0.295 e. The van der Waals surface area contributed by atoms with Crippen LogP contribution in [0.25, 0.3) is 0 Å². The molecule has 0 aromatic rings. The molecule has 1 aliphatic carbocycles. The number of carbonyl (C=O) groups is 1. The first-order valence-electron chi connectivity index (χ1n) is 4.73. The van der Waals surface area contributed by atoms with Crippen molar-refractivity contribution in [1.29, 1.82) is 0 Å². The lowest BCUT2D eigenvalue weighted by Gasteiger charge is -2.28. The Labute approximate surface area is 85.1 Å². The normalized spacial score (nSPS) is 28.4. The molecule has 0 fully saturated rings. The smallest absolute Gasteiger partial charge is 0.160 e. The van der Waals surface area contributed by atoms with E-state index in [-0.39, 0.29) is 17.6 Å². The van der Waals surface area contributed by atoms with E-state index >= 15 is 0 Å². The van der Waals surface area contributed by atoms with Gasteiger partial charge in [-0.15, -0.1) is 0 Å². The summed E-state index contributed by atoms with van der Waals surface area (Å²) in [7, 11) is -3.13. The molecule has 0 aromatic heterocycles. The van der Waals surface area contributed by atoms with E-state index in [1.165, 1.54) is 12.3 Å². The molecule has 80 valence electrons. The van der Waals surface area contributed by atoms with Crippen molar-refractivity contribution in [2.24, 2.45) is 11.8 Å². The van der Waals surface area contributed by atoms with E-state index in [0.29, 0.717) is 6.42 Å². The molecular formula is C10H16O3S. The zero-order valence-corrected chi connectivity index (χ0v) is 9.54. The third kappa shape index (κ3) is 2.23. The van der Waals surface area contributed by atoms with Gasteiger partial charge in [0.05, 0.1) is 5.25 Å². The maximum Gasteiger partial charge on any atom is 0.160 e. The van der Waals surface area contributed by atoms with Crippen LogP contribution in [-0.4, -0.2) is 25.7 Å². The van der Waals surface area contributed by atoms with Gasteiger partial charge in [-0.25, -0.2) is 8.42 Å². The van der Waals surface area contributed by atoms with E-state index in [2.05, 4.69) is 0 Å². The Kier molecular flexibility index (Phi) is 3.14. The first kappa shape index (κ1) is 11.4. The molecule has 0 radical (unpaired) electrons. The lowest BCUT2D eigenvalue weighted by molar-refractivity contribution is -0.119. The molecule has 0 spiro atoms. The summed E-state index contributed by atoms with van der Waals surface area (Å²) in [6.45, 7) is 3.78. The van der Waals surface area contributed by atoms with Crippen molar-refractivity contribution in [3.63, 3.8) is 0 Å². The van der Waals surface area contributed by atoms with Gasteiger partial charge in [0.2, 0.25) is 0 Å². The molecule has 0 aromatic carbocycles. The zero-order valence-electron chi connectivity index (χ0n) is 8.73. The molecule has 1 rings (SSSR count). The molecule has 4 heteroatoms. The minimum atomic E-state index is -3.13. The Morgan fingerprint density at radius 3 is 2.36 bits per heavy atom. The van der Waals surface area contributed by atoms with Gasteiger partial charge in [-0.05, 0) is 18.4 Å². The third-order valence-electron chi connectivity index (χ3n) is 2.65. The minimum Gasteiger partial charge on any atom is -0.295 e. The van der Waals surface area contributed by atoms with Gasteiger partial charge in [0.15, 0.2) is 15.6 Å². The SMILES string of the molecule is CC(C)C1C(=O)C=CCC1S(C)(=O)=O. The second-order valence-corrected chi connectivity index (χ2v) is 6.44. The van der Waals surface area contributed by atoms with Crippen LogP contribution in [0.4, 0.5) is 0 Å². The van der Waals surface area contributed by atoms with Crippen LogP contribution in [0.1, 0.15) is 20.3 Å². The topological polar surface area (TPSA) is 51.2 Å². The third-order valence-corrected chi connectivity index (χ3v) is 4.23. The molecule has 3 nitrogen and oxygen atoms in total. The zero-order chi connectivity index (χ0) is 10.9. The van der Waals surface area contributed by atoms with Crippen molar-refractivity contribution in [3.8, 4) is 0 Å². The minimum absolute atomic E-state index is 0.0540. The van der Waals surface area contributed by atoms with E-state index in [1.807, 2.05) is 13.8 Å². The molecule has 1 aliphatic rings. The van der Waals surface area contributed by atoms with Gasteiger partial charge in [-0.3, -0.25) is 4.79 Å². The van der Waals surface area contributed by atoms with Crippen LogP contribution >= 0.6 is 0 Å². The van der Waals surface area contributed by atoms with E-state index in [1.54, 1.807) is 6.08 Å². The number of sulfone groups is 1. The maximum atomic E-state index is 11.5. The van der Waals surface area contributed by atoms with Crippen LogP contribution in [0, 0.1) is 11.8 Å². The molecule has 14 heavy (non-hydrogen) atoms. The summed E-state index contributed by atoms with van der Waals surface area (Å²) < 4.78 is 22.9. The molecule has 2 unspecified atom stereocenters. The van der Waals surface area contributed by atoms with E-state index in [0.717, 1.165) is 0 Å². The average molecular weight is 216 g/mol. The predicted molar refractivity (Wildman–Crippen MR) is 55.7 cm³/mol. The van der Waals surface area contributed by atoms with Crippen LogP contribution in [0.5, 0.6) is 0 Å². The summed E-state index contributed by atoms with van der Waals surface area (Å²) in [5.74, 6) is -0.344. The van der Waals surface area contributed by atoms with Gasteiger partial charge in [-0.2, -0.15) is 0 Å². The highest BCUT2D eigenvalue weighted by Gasteiger charge is 2.37. The standard InChI is InChI=1S/C10H16O3S/c1-7(2)10-8(11)5-4-6-9(10)14(3,12)13/h4-5,7,9-10H,6H2,1-3H3. The van der Waals surface area contributed by atoms with E-state index in [4.69, 9.17) is 0 Å². The van der Waals surface area contributed by atoms with Crippen molar-refractivity contribution < 1.29 is 13.2 Å². The van der Waals surface area contributed by atoms with Crippen molar-refractivity contribution in [2.75, 3.05) is 6.26 Å². The van der Waals surface area contributed by atoms with Gasteiger partial charge >= 0.3 is 0 Å². The first-order chi connectivity index (χ1) is 6.34. The predicted octanol–water partition coefficient (Wildman–Crippen LogP) is 1.20. The fraction of sp³-hybridized carbons (Fsp3) is 0.700. The van der Waals surface area contributed by atoms with Crippen LogP contribution in [0.15, 0.2) is 12.2 Å². The molecule has 0 N–H and O–H groups in total. The monoisotopic (exact) mass is 216 g/mol. The molecule has 0 saturated carbocycles. The van der Waals surface area contributed by atoms with Gasteiger partial charge < -0.3 is 0 Å². The van der Waals surface area contributed by atoms with Crippen molar-refractivity contribution in [1.82, 2.24) is 0 Å². The van der Waals surface area contributed by atoms with Crippen LogP contribution in [-0.2, 0) is 14.6 Å². The summed E-state index contributed by atoms with van der Waals surface area (Å²) in [4.78, 5) is 11.5. The highest BCUT2D eigenvalue weighted by atomic mass is 32.2. The van der Waals surface area contributed by atoms with E-state index < -0.39 is 15.1 Å². The van der Waals surface area contributed by atoms with Crippen LogP contribution < -0.4 is 0 Å². The summed E-state index contributed by atoms with van der Waals surface area (Å²) in [6.07, 6.45) is 4.84. The quantitative estimate of drug-likeness (QED) is 0.697. The molecule has 0 heterocycles. The van der Waals surface area contributed by atoms with Crippen molar-refractivity contribution in [3.05, 3.63) is 12.2 Å². The number of hydrogen-bond acceptors (Lipinski definition) is 3. The molecule has 0 aliphatic heterocycles. The van der Waals surface area contributed by atoms with Gasteiger partial charge in [0.1, 0.15) is 0 Å². The fourth-order valence-corrected chi connectivity index (χ4v) is 3.40. The summed E-state index contributed by atoms with van der Waals surface area (Å²) in [5, 5.41) is -0.528. The average Bonchev–Trinajstić information content (AvgIpc) is 2.01. The van der Waals surface area contributed by atoms with E-state index in [9.17, 15) is 13.2 Å². The van der Waals surface area contributed by atoms with Gasteiger partial charge in [-0.1, -0.05) is 19.9 Å². The second kappa shape index (κ2) is 3.85. The Morgan fingerprint density at radius 1 is 1.43 bits per heavy atom. The van der Waals surface area contributed by atoms with Crippen molar-refractivity contribution in [2.45, 2.75) is 25.5 Å². The Bertz CT molecular complexity index is 352. The van der Waals surface area contributed by atoms with Crippen LogP contribution in [0.2, 0.25) is 0 Å². The van der Waals surface area contributed by atoms with Crippen molar-refractivity contribution >= 4 is 15.6 Å². The number of carbonyl (C=O) groups excluding carboxylic acids is 1. The molecule has 0 amide bonds. The Morgan fingerprint density at radius 2 is 2.00 bits per heavy atom. The number of allylic oxidation sites excluding steroid dienone is 2. The summed E-state index contributed by atoms with van der Waals surface area (Å²) in [6, 6.07) is 0. The first-order valence-corrected chi connectivity index (χ1v) is 6.68. The lowest BCUT2D eigenvalue weighted by atomic mass is 9.84. The molecule has 0 saturated heterocycles. The number of hydrogen-bond donors (Lipinski definition) is 0. The molecule has 0 bridgehead atoms. The summed E-state index contributed by atoms with van der Waals surface area (Å²) >= 11 is 0. The van der Waals surface area contributed by atoms with Crippen LogP contribution in [0.3, 0.4) is 0 Å². The fourth-order valence-electron chi connectivity index (χ4n) is 1.96. The Hall–Kier alpha value is -0.640. The second-order valence-electron chi connectivity index (χ2n) is 4.18. The number of rotatable bonds is 2. The molecular weight excluding hydrogens is 200 g/mol. The van der Waals surface area contributed by atoms with Gasteiger partial charge in [0.25, 0.3) is 0 Å². The Balaban J connectivity index is 3.07. The highest BCUT2D eigenvalue weighted by molar-refractivity contribution is 7.91. The number of ketones is 1.